The number of rotatable bonds is 3. The number of fused-ring (bicyclic) bond motifs is 2. The minimum Gasteiger partial charge on any atom is -0.412 e. The maximum Gasteiger partial charge on any atom is 0.312 e. The number of aromatic amines is 1. The molecule has 0 radical (unpaired) electrons. The number of para-hydroxylation sites is 1. The molecule has 4 heterocycles. The van der Waals surface area contributed by atoms with Gasteiger partial charge in [-0.1, -0.05) is 6.07 Å². The average molecular weight is 482 g/mol. The van der Waals surface area contributed by atoms with Crippen molar-refractivity contribution in [3.8, 4) is 11.5 Å². The van der Waals surface area contributed by atoms with Crippen LogP contribution in [0.3, 0.4) is 0 Å². The van der Waals surface area contributed by atoms with Crippen LogP contribution >= 0.6 is 11.3 Å². The van der Waals surface area contributed by atoms with Gasteiger partial charge in [0.15, 0.2) is 11.6 Å². The van der Waals surface area contributed by atoms with Crippen LogP contribution in [0.15, 0.2) is 47.1 Å². The number of imidazole rings is 1. The fourth-order valence-corrected chi connectivity index (χ4v) is 5.07. The zero-order valence-electron chi connectivity index (χ0n) is 17.1. The first kappa shape index (κ1) is 20.5. The molecule has 1 N–H and O–H groups in total. The number of nitrogens with one attached hydrogen (secondary N) is 1. The Kier molecular flexibility index (Phi) is 4.69. The molecule has 0 fully saturated rings. The van der Waals surface area contributed by atoms with E-state index in [4.69, 9.17) is 4.42 Å². The van der Waals surface area contributed by atoms with Gasteiger partial charge in [-0.05, 0) is 30.3 Å². The lowest BCUT2D eigenvalue weighted by molar-refractivity contribution is 0.0650. The number of nitrogens with zero attached hydrogens (tertiary/aromatic N) is 5. The molecule has 5 aromatic rings. The normalized spacial score (nSPS) is 15.6. The van der Waals surface area contributed by atoms with Crippen LogP contribution in [0.2, 0.25) is 0 Å². The third kappa shape index (κ3) is 3.25. The van der Waals surface area contributed by atoms with Gasteiger partial charge in [-0.2, -0.15) is 0 Å². The van der Waals surface area contributed by atoms with Crippen molar-refractivity contribution in [1.82, 2.24) is 30.0 Å². The Morgan fingerprint density at radius 3 is 2.82 bits per heavy atom. The van der Waals surface area contributed by atoms with E-state index in [-0.39, 0.29) is 22.9 Å². The van der Waals surface area contributed by atoms with Crippen LogP contribution in [0.4, 0.5) is 13.2 Å². The molecule has 0 saturated carbocycles. The highest BCUT2D eigenvalue weighted by Gasteiger charge is 2.38. The van der Waals surface area contributed by atoms with E-state index in [1.807, 2.05) is 0 Å². The number of carbonyl (C=O) groups is 1. The SMILES string of the molecule is O=C(c1nnc(-c2ccc(F)c(F)c2)o1)N1CCc2[nH]cnc2[C@H]1c1nc2c(F)cccc2s1. The van der Waals surface area contributed by atoms with Crippen LogP contribution in [-0.2, 0) is 6.42 Å². The van der Waals surface area contributed by atoms with Gasteiger partial charge in [-0.3, -0.25) is 4.79 Å². The number of halogens is 3. The Morgan fingerprint density at radius 1 is 1.12 bits per heavy atom. The lowest BCUT2D eigenvalue weighted by atomic mass is 10.0. The molecule has 1 aliphatic rings. The fraction of sp³-hybridized carbons (Fsp3) is 0.136. The molecule has 2 aromatic carbocycles. The van der Waals surface area contributed by atoms with E-state index in [1.165, 1.54) is 34.7 Å². The molecule has 12 heteroatoms. The average Bonchev–Trinajstić information content (AvgIpc) is 3.59. The predicted molar refractivity (Wildman–Crippen MR) is 114 cm³/mol. The first-order chi connectivity index (χ1) is 16.5. The molecule has 0 aliphatic carbocycles. The highest BCUT2D eigenvalue weighted by Crippen LogP contribution is 2.38. The quantitative estimate of drug-likeness (QED) is 0.412. The van der Waals surface area contributed by atoms with E-state index >= 15 is 0 Å². The van der Waals surface area contributed by atoms with Crippen LogP contribution in [0.25, 0.3) is 21.7 Å². The molecule has 1 atom stereocenters. The Hall–Kier alpha value is -4.06. The Labute approximate surface area is 193 Å². The van der Waals surface area contributed by atoms with Gasteiger partial charge >= 0.3 is 11.8 Å². The van der Waals surface area contributed by atoms with Gasteiger partial charge in [0, 0.05) is 24.2 Å². The summed E-state index contributed by atoms with van der Waals surface area (Å²) >= 11 is 1.26. The van der Waals surface area contributed by atoms with E-state index in [2.05, 4.69) is 25.1 Å². The van der Waals surface area contributed by atoms with Crippen molar-refractivity contribution in [1.29, 1.82) is 0 Å². The molecule has 170 valence electrons. The Morgan fingerprint density at radius 2 is 2.00 bits per heavy atom. The summed E-state index contributed by atoms with van der Waals surface area (Å²) in [5, 5.41) is 8.12. The van der Waals surface area contributed by atoms with E-state index in [0.29, 0.717) is 28.4 Å². The van der Waals surface area contributed by atoms with Crippen molar-refractivity contribution < 1.29 is 22.4 Å². The van der Waals surface area contributed by atoms with E-state index in [9.17, 15) is 18.0 Å². The zero-order valence-corrected chi connectivity index (χ0v) is 17.9. The highest BCUT2D eigenvalue weighted by molar-refractivity contribution is 7.18. The molecule has 1 aliphatic heterocycles. The molecule has 8 nitrogen and oxygen atoms in total. The third-order valence-electron chi connectivity index (χ3n) is 5.58. The summed E-state index contributed by atoms with van der Waals surface area (Å²) < 4.78 is 47.3. The number of hydrogen-bond donors (Lipinski definition) is 1. The second kappa shape index (κ2) is 7.76. The number of carbonyl (C=O) groups excluding carboxylic acids is 1. The lowest BCUT2D eigenvalue weighted by Gasteiger charge is -2.32. The highest BCUT2D eigenvalue weighted by atomic mass is 32.1. The maximum atomic E-state index is 14.3. The van der Waals surface area contributed by atoms with Crippen molar-refractivity contribution in [2.24, 2.45) is 0 Å². The molecule has 34 heavy (non-hydrogen) atoms. The number of hydrogen-bond acceptors (Lipinski definition) is 7. The van der Waals surface area contributed by atoms with Crippen molar-refractivity contribution >= 4 is 27.5 Å². The van der Waals surface area contributed by atoms with Crippen molar-refractivity contribution in [3.05, 3.63) is 82.5 Å². The summed E-state index contributed by atoms with van der Waals surface area (Å²) in [7, 11) is 0. The van der Waals surface area contributed by atoms with Gasteiger partial charge in [0.1, 0.15) is 22.4 Å². The summed E-state index contributed by atoms with van der Waals surface area (Å²) in [6, 6.07) is 7.10. The lowest BCUT2D eigenvalue weighted by Crippen LogP contribution is -2.41. The first-order valence-corrected chi connectivity index (χ1v) is 11.0. The van der Waals surface area contributed by atoms with Crippen molar-refractivity contribution in [3.63, 3.8) is 0 Å². The summed E-state index contributed by atoms with van der Waals surface area (Å²) in [6.45, 7) is 0.292. The van der Waals surface area contributed by atoms with Crippen molar-refractivity contribution in [2.45, 2.75) is 12.5 Å². The van der Waals surface area contributed by atoms with Gasteiger partial charge in [0.05, 0.1) is 16.7 Å². The van der Waals surface area contributed by atoms with Crippen LogP contribution < -0.4 is 0 Å². The fourth-order valence-electron chi connectivity index (χ4n) is 3.97. The van der Waals surface area contributed by atoms with Crippen LogP contribution in [-0.4, -0.2) is 42.5 Å². The number of benzene rings is 2. The summed E-state index contributed by atoms with van der Waals surface area (Å²) in [4.78, 5) is 26.8. The van der Waals surface area contributed by atoms with Crippen molar-refractivity contribution in [2.75, 3.05) is 6.54 Å². The van der Waals surface area contributed by atoms with Gasteiger partial charge in [-0.15, -0.1) is 21.5 Å². The molecular formula is C22H13F3N6O2S. The number of thiazole rings is 1. The van der Waals surface area contributed by atoms with Gasteiger partial charge in [0.2, 0.25) is 5.89 Å². The molecule has 0 saturated heterocycles. The second-order valence-corrected chi connectivity index (χ2v) is 8.66. The standard InChI is InChI=1S/C22H13F3N6O2S/c23-11-5-4-10(8-13(11)25)19-29-30-20(33-19)22(32)31-7-6-14-17(27-9-26-14)18(31)21-28-16-12(24)2-1-3-15(16)34-21/h1-5,8-9,18H,6-7H2,(H,26,27)/t18-/m0/s1. The van der Waals surface area contributed by atoms with Crippen LogP contribution in [0.1, 0.15) is 33.1 Å². The minimum atomic E-state index is -1.08. The van der Waals surface area contributed by atoms with E-state index in [1.54, 1.807) is 12.1 Å². The predicted octanol–water partition coefficient (Wildman–Crippen LogP) is 4.27. The summed E-state index contributed by atoms with van der Waals surface area (Å²) in [5.41, 5.74) is 1.80. The largest absolute Gasteiger partial charge is 0.412 e. The van der Waals surface area contributed by atoms with Gasteiger partial charge < -0.3 is 14.3 Å². The zero-order chi connectivity index (χ0) is 23.4. The second-order valence-electron chi connectivity index (χ2n) is 7.60. The summed E-state index contributed by atoms with van der Waals surface area (Å²) in [6.07, 6.45) is 2.04. The molecular weight excluding hydrogens is 469 g/mol. The third-order valence-corrected chi connectivity index (χ3v) is 6.65. The van der Waals surface area contributed by atoms with Crippen LogP contribution in [0.5, 0.6) is 0 Å². The van der Waals surface area contributed by atoms with Gasteiger partial charge in [0.25, 0.3) is 0 Å². The number of H-pyrrole nitrogens is 1. The summed E-state index contributed by atoms with van der Waals surface area (Å²) in [5.74, 6) is -3.58. The first-order valence-electron chi connectivity index (χ1n) is 10.2. The Balaban J connectivity index is 1.39. The maximum absolute atomic E-state index is 14.3. The molecule has 0 bridgehead atoms. The van der Waals surface area contributed by atoms with Gasteiger partial charge in [-0.25, -0.2) is 23.1 Å². The topological polar surface area (TPSA) is 101 Å². The molecule has 6 rings (SSSR count). The smallest absolute Gasteiger partial charge is 0.312 e. The molecule has 1 amide bonds. The molecule has 0 unspecified atom stereocenters. The monoisotopic (exact) mass is 482 g/mol. The van der Waals surface area contributed by atoms with E-state index in [0.717, 1.165) is 17.8 Å². The molecule has 3 aromatic heterocycles. The van der Waals surface area contributed by atoms with E-state index < -0.39 is 29.4 Å². The number of aromatic nitrogens is 5. The van der Waals surface area contributed by atoms with Crippen LogP contribution in [0, 0.1) is 17.5 Å². The minimum absolute atomic E-state index is 0.127. The number of amides is 1. The molecule has 0 spiro atoms. The Bertz CT molecular complexity index is 1560.